The van der Waals surface area contributed by atoms with Crippen LogP contribution in [0, 0.1) is 0 Å². The fourth-order valence-electron chi connectivity index (χ4n) is 5.79. The third kappa shape index (κ3) is 25.1. The second kappa shape index (κ2) is 33.6. The zero-order valence-corrected chi connectivity index (χ0v) is 33.3. The molecule has 2 nitrogen and oxygen atoms in total. The average Bonchev–Trinajstić information content (AvgIpc) is 2.96. The molecule has 0 aliphatic carbocycles. The van der Waals surface area contributed by atoms with E-state index < -0.39 is 17.6 Å². The van der Waals surface area contributed by atoms with E-state index in [2.05, 4.69) is 63.1 Å². The minimum atomic E-state index is -0.801. The zero-order valence-electron chi connectivity index (χ0n) is 27.7. The molecule has 2 atom stereocenters. The summed E-state index contributed by atoms with van der Waals surface area (Å²) in [6.45, 7) is 15.5. The second-order valence-corrected chi connectivity index (χ2v) is 24.6. The van der Waals surface area contributed by atoms with Crippen LogP contribution < -0.4 is 0 Å². The Morgan fingerprint density at radius 2 is 0.775 bits per heavy atom. The Morgan fingerprint density at radius 3 is 1.05 bits per heavy atom. The van der Waals surface area contributed by atoms with E-state index in [4.69, 9.17) is 9.47 Å². The molecule has 0 saturated heterocycles. The van der Waals surface area contributed by atoms with Crippen LogP contribution in [0.3, 0.4) is 0 Å². The van der Waals surface area contributed by atoms with Crippen LogP contribution in [0.4, 0.5) is 0 Å². The molecule has 2 unspecified atom stereocenters. The van der Waals surface area contributed by atoms with Crippen LogP contribution in [-0.2, 0) is 9.47 Å². The number of hydrogen-bond acceptors (Lipinski definition) is 6. The first-order chi connectivity index (χ1) is 19.7. The van der Waals surface area contributed by atoms with Crippen molar-refractivity contribution in [1.82, 2.24) is 0 Å². The molecular formula is C32H70O2S4Si2. The summed E-state index contributed by atoms with van der Waals surface area (Å²) >= 11 is 0. The summed E-state index contributed by atoms with van der Waals surface area (Å²) in [5.41, 5.74) is 1.22. The first-order valence-corrected chi connectivity index (χ1v) is 27.2. The normalized spacial score (nSPS) is 13.5. The van der Waals surface area contributed by atoms with Crippen LogP contribution in [0.25, 0.3) is 0 Å². The molecule has 8 heteroatoms. The van der Waals surface area contributed by atoms with Gasteiger partial charge in [-0.25, -0.2) is 0 Å². The van der Waals surface area contributed by atoms with Gasteiger partial charge in [0.25, 0.3) is 0 Å². The van der Waals surface area contributed by atoms with Gasteiger partial charge in [0.2, 0.25) is 0 Å². The summed E-state index contributed by atoms with van der Waals surface area (Å²) in [7, 11) is 6.55. The molecule has 0 saturated carbocycles. The van der Waals surface area contributed by atoms with Gasteiger partial charge in [0.1, 0.15) is 0 Å². The predicted octanol–water partition coefficient (Wildman–Crippen LogP) is 12.3. The van der Waals surface area contributed by atoms with Crippen molar-refractivity contribution in [3.63, 3.8) is 0 Å². The van der Waals surface area contributed by atoms with Crippen molar-refractivity contribution in [1.29, 1.82) is 0 Å². The van der Waals surface area contributed by atoms with E-state index in [9.17, 15) is 0 Å². The quantitative estimate of drug-likeness (QED) is 0.0390. The van der Waals surface area contributed by atoms with Crippen molar-refractivity contribution in [2.24, 2.45) is 0 Å². The number of unbranched alkanes of at least 4 members (excludes halogenated alkanes) is 8. The highest BCUT2D eigenvalue weighted by Crippen LogP contribution is 2.43. The maximum absolute atomic E-state index is 6.37. The lowest BCUT2D eigenvalue weighted by Gasteiger charge is -2.26. The van der Waals surface area contributed by atoms with Crippen molar-refractivity contribution < 1.29 is 9.47 Å². The van der Waals surface area contributed by atoms with Gasteiger partial charge in [0, 0.05) is 36.2 Å². The van der Waals surface area contributed by atoms with Gasteiger partial charge in [-0.2, -0.15) is 0 Å². The Morgan fingerprint density at radius 1 is 0.450 bits per heavy atom. The van der Waals surface area contributed by atoms with Crippen molar-refractivity contribution in [2.75, 3.05) is 24.7 Å². The van der Waals surface area contributed by atoms with Crippen molar-refractivity contribution >= 4 is 58.8 Å². The van der Waals surface area contributed by atoms with E-state index in [-0.39, 0.29) is 0 Å². The standard InChI is InChI=1S/C32H70O2S4Si2/c1-7-13-17-27-39(28-18-14-8-2)31(33-11-5)23-21-25-35-37-38-36-26-22-24-32(34-12-6)40(29-19-15-9-3)30-20-16-10-4/h31-32,39-40H,7-30H2,1-6H3. The Labute approximate surface area is 271 Å². The largest absolute Gasteiger partial charge is 0.382 e. The van der Waals surface area contributed by atoms with Crippen LogP contribution in [-0.4, -0.2) is 53.8 Å². The Bertz CT molecular complexity index is 432. The zero-order chi connectivity index (χ0) is 29.5. The van der Waals surface area contributed by atoms with Crippen LogP contribution in [0.15, 0.2) is 0 Å². The molecule has 0 spiro atoms. The van der Waals surface area contributed by atoms with Crippen molar-refractivity contribution in [3.05, 3.63) is 0 Å². The molecule has 242 valence electrons. The Kier molecular flexibility index (Phi) is 35.1. The maximum atomic E-state index is 6.37. The minimum Gasteiger partial charge on any atom is -0.382 e. The van der Waals surface area contributed by atoms with Gasteiger partial charge in [-0.3, -0.25) is 0 Å². The van der Waals surface area contributed by atoms with Gasteiger partial charge in [-0.1, -0.05) is 151 Å². The topological polar surface area (TPSA) is 18.5 Å². The maximum Gasteiger partial charge on any atom is 0.0717 e. The van der Waals surface area contributed by atoms with Crippen LogP contribution in [0.5, 0.6) is 0 Å². The molecule has 0 amide bonds. The third-order valence-corrected chi connectivity index (χ3v) is 22.5. The highest BCUT2D eigenvalue weighted by molar-refractivity contribution is 9.26. The molecule has 0 aromatic heterocycles. The average molecular weight is 671 g/mol. The van der Waals surface area contributed by atoms with Gasteiger partial charge in [0.05, 0.1) is 17.6 Å². The number of hydrogen-bond donors (Lipinski definition) is 0. The lowest BCUT2D eigenvalue weighted by atomic mass is 10.3. The smallest absolute Gasteiger partial charge is 0.0717 e. The van der Waals surface area contributed by atoms with E-state index in [0.717, 1.165) is 13.2 Å². The van der Waals surface area contributed by atoms with E-state index in [1.54, 1.807) is 0 Å². The summed E-state index contributed by atoms with van der Waals surface area (Å²) in [5.74, 6) is 2.53. The lowest BCUT2D eigenvalue weighted by molar-refractivity contribution is 0.106. The highest BCUT2D eigenvalue weighted by atomic mass is 33.7. The summed E-state index contributed by atoms with van der Waals surface area (Å²) in [6.07, 6.45) is 22.0. The molecule has 0 fully saturated rings. The van der Waals surface area contributed by atoms with Crippen LogP contribution in [0.2, 0.25) is 24.2 Å². The molecule has 0 rings (SSSR count). The molecule has 0 aliphatic rings. The molecule has 40 heavy (non-hydrogen) atoms. The summed E-state index contributed by atoms with van der Waals surface area (Å²) in [5, 5.41) is 0. The van der Waals surface area contributed by atoms with Gasteiger partial charge in [-0.05, 0) is 59.2 Å². The van der Waals surface area contributed by atoms with Crippen LogP contribution in [0.1, 0.15) is 144 Å². The first-order valence-electron chi connectivity index (χ1n) is 17.5. The number of ether oxygens (including phenoxy) is 2. The van der Waals surface area contributed by atoms with Crippen molar-refractivity contribution in [3.8, 4) is 0 Å². The monoisotopic (exact) mass is 670 g/mol. The van der Waals surface area contributed by atoms with E-state index >= 15 is 0 Å². The van der Waals surface area contributed by atoms with Crippen LogP contribution >= 0.6 is 41.2 Å². The van der Waals surface area contributed by atoms with Gasteiger partial charge in [0.15, 0.2) is 0 Å². The van der Waals surface area contributed by atoms with Gasteiger partial charge >= 0.3 is 0 Å². The fourth-order valence-corrected chi connectivity index (χ4v) is 19.6. The van der Waals surface area contributed by atoms with Gasteiger partial charge in [-0.15, -0.1) is 0 Å². The molecule has 0 aliphatic heterocycles. The molecule has 0 N–H and O–H groups in total. The Hall–Kier alpha value is 1.75. The summed E-state index contributed by atoms with van der Waals surface area (Å²) < 4.78 is 12.7. The third-order valence-electron chi connectivity index (χ3n) is 8.08. The predicted molar refractivity (Wildman–Crippen MR) is 201 cm³/mol. The van der Waals surface area contributed by atoms with E-state index in [1.165, 1.54) is 138 Å². The van der Waals surface area contributed by atoms with Crippen molar-refractivity contribution in [2.45, 2.75) is 180 Å². The van der Waals surface area contributed by atoms with E-state index in [1.807, 2.05) is 19.7 Å². The van der Waals surface area contributed by atoms with E-state index in [0.29, 0.717) is 11.5 Å². The highest BCUT2D eigenvalue weighted by Gasteiger charge is 2.24. The molecule has 0 heterocycles. The lowest BCUT2D eigenvalue weighted by Crippen LogP contribution is -2.33. The first kappa shape index (κ1) is 41.8. The molecule has 0 radical (unpaired) electrons. The minimum absolute atomic E-state index is 0.612. The molecular weight excluding hydrogens is 601 g/mol. The summed E-state index contributed by atoms with van der Waals surface area (Å²) in [4.78, 5) is 0. The summed E-state index contributed by atoms with van der Waals surface area (Å²) in [6, 6.07) is 6.01. The molecule has 0 bridgehead atoms. The second-order valence-electron chi connectivity index (χ2n) is 11.6. The molecule has 0 aromatic rings. The molecule has 0 aromatic carbocycles. The van der Waals surface area contributed by atoms with Gasteiger partial charge < -0.3 is 9.47 Å². The fraction of sp³-hybridized carbons (Fsp3) is 1.00. The Balaban J connectivity index is 4.26. The SMILES string of the molecule is CCCCC[SiH](CCCCC)C(CCCSSSSCCCC(OCC)[SiH](CCCCC)CCCCC)OCC. The number of rotatable bonds is 33.